The highest BCUT2D eigenvalue weighted by atomic mass is 16.3. The summed E-state index contributed by atoms with van der Waals surface area (Å²) in [5.74, 6) is 0.355. The van der Waals surface area contributed by atoms with Crippen molar-refractivity contribution in [3.63, 3.8) is 0 Å². The van der Waals surface area contributed by atoms with Crippen molar-refractivity contribution in [3.05, 3.63) is 28.8 Å². The highest BCUT2D eigenvalue weighted by molar-refractivity contribution is 5.50. The van der Waals surface area contributed by atoms with E-state index in [1.807, 2.05) is 0 Å². The first-order valence-electron chi connectivity index (χ1n) is 4.57. The molecule has 0 spiro atoms. The van der Waals surface area contributed by atoms with Gasteiger partial charge in [-0.25, -0.2) is 0 Å². The van der Waals surface area contributed by atoms with Crippen molar-refractivity contribution in [2.45, 2.75) is 25.7 Å². The first kappa shape index (κ1) is 8.12. The molecule has 0 amide bonds. The zero-order valence-electron chi connectivity index (χ0n) is 7.38. The zero-order chi connectivity index (χ0) is 9.26. The minimum Gasteiger partial charge on any atom is -0.508 e. The van der Waals surface area contributed by atoms with Gasteiger partial charge in [0.1, 0.15) is 5.75 Å². The molecule has 13 heavy (non-hydrogen) atoms. The minimum atomic E-state index is 0.355. The van der Waals surface area contributed by atoms with Crippen LogP contribution in [0.4, 0.5) is 0 Å². The number of fused-ring (bicyclic) bond motifs is 1. The quantitative estimate of drug-likeness (QED) is 0.653. The maximum Gasteiger partial charge on any atom is 0.119 e. The van der Waals surface area contributed by atoms with Crippen molar-refractivity contribution in [2.75, 3.05) is 0 Å². The monoisotopic (exact) mass is 173 g/mol. The lowest BCUT2D eigenvalue weighted by molar-refractivity contribution is 0.462. The molecule has 0 bridgehead atoms. The second kappa shape index (κ2) is 3.10. The summed E-state index contributed by atoms with van der Waals surface area (Å²) in [4.78, 5) is 0. The Balaban J connectivity index is 2.61. The second-order valence-electron chi connectivity index (χ2n) is 3.41. The molecule has 1 aromatic carbocycles. The summed E-state index contributed by atoms with van der Waals surface area (Å²) >= 11 is 0. The molecule has 0 unspecified atom stereocenters. The number of nitrogens with zero attached hydrogens (tertiary/aromatic N) is 1. The third-order valence-electron chi connectivity index (χ3n) is 2.63. The topological polar surface area (TPSA) is 44.0 Å². The molecular weight excluding hydrogens is 162 g/mol. The average Bonchev–Trinajstić information content (AvgIpc) is 2.19. The molecule has 0 fully saturated rings. The number of nitriles is 1. The Labute approximate surface area is 77.4 Å². The third-order valence-corrected chi connectivity index (χ3v) is 2.63. The van der Waals surface area contributed by atoms with Gasteiger partial charge < -0.3 is 5.11 Å². The van der Waals surface area contributed by atoms with E-state index in [1.165, 1.54) is 0 Å². The van der Waals surface area contributed by atoms with Crippen LogP contribution in [0, 0.1) is 11.3 Å². The van der Waals surface area contributed by atoms with E-state index >= 15 is 0 Å². The molecule has 0 aliphatic heterocycles. The number of phenolic OH excluding ortho intramolecular Hbond substituents is 1. The number of phenols is 1. The Morgan fingerprint density at radius 2 is 1.85 bits per heavy atom. The molecule has 1 aliphatic carbocycles. The summed E-state index contributed by atoms with van der Waals surface area (Å²) in [5.41, 5.74) is 2.78. The Morgan fingerprint density at radius 3 is 2.54 bits per heavy atom. The van der Waals surface area contributed by atoms with Gasteiger partial charge in [0, 0.05) is 0 Å². The molecule has 0 radical (unpaired) electrons. The van der Waals surface area contributed by atoms with E-state index < -0.39 is 0 Å². The fourth-order valence-electron chi connectivity index (χ4n) is 1.95. The summed E-state index contributed by atoms with van der Waals surface area (Å²) in [6.07, 6.45) is 4.10. The van der Waals surface area contributed by atoms with Gasteiger partial charge in [-0.1, -0.05) is 0 Å². The van der Waals surface area contributed by atoms with Gasteiger partial charge in [0.05, 0.1) is 11.6 Å². The van der Waals surface area contributed by atoms with Crippen LogP contribution in [0.5, 0.6) is 5.75 Å². The van der Waals surface area contributed by atoms with E-state index in [4.69, 9.17) is 5.26 Å². The standard InChI is InChI=1S/C11H11NO/c12-7-8-5-6-11(13)10-4-2-1-3-9(8)10/h5-6,13H,1-4H2. The zero-order valence-corrected chi connectivity index (χ0v) is 7.38. The van der Waals surface area contributed by atoms with Gasteiger partial charge in [-0.2, -0.15) is 5.26 Å². The van der Waals surface area contributed by atoms with Crippen LogP contribution in [0.15, 0.2) is 12.1 Å². The number of hydrogen-bond acceptors (Lipinski definition) is 2. The molecule has 1 aliphatic rings. The number of benzene rings is 1. The Bertz CT molecular complexity index is 376. The van der Waals surface area contributed by atoms with Crippen LogP contribution >= 0.6 is 0 Å². The van der Waals surface area contributed by atoms with Crippen molar-refractivity contribution in [3.8, 4) is 11.8 Å². The fraction of sp³-hybridized carbons (Fsp3) is 0.364. The van der Waals surface area contributed by atoms with Gasteiger partial charge in [-0.15, -0.1) is 0 Å². The van der Waals surface area contributed by atoms with Crippen molar-refractivity contribution in [1.29, 1.82) is 5.26 Å². The lowest BCUT2D eigenvalue weighted by Crippen LogP contribution is -2.05. The van der Waals surface area contributed by atoms with Crippen molar-refractivity contribution >= 4 is 0 Å². The second-order valence-corrected chi connectivity index (χ2v) is 3.41. The molecule has 2 nitrogen and oxygen atoms in total. The van der Waals surface area contributed by atoms with Gasteiger partial charge >= 0.3 is 0 Å². The highest BCUT2D eigenvalue weighted by Gasteiger charge is 2.16. The smallest absolute Gasteiger partial charge is 0.119 e. The SMILES string of the molecule is N#Cc1ccc(O)c2c1CCCC2. The molecule has 0 saturated heterocycles. The summed E-state index contributed by atoms with van der Waals surface area (Å²) in [7, 11) is 0. The molecule has 0 aromatic heterocycles. The van der Waals surface area contributed by atoms with Crippen LogP contribution in [0.2, 0.25) is 0 Å². The van der Waals surface area contributed by atoms with Crippen LogP contribution in [-0.4, -0.2) is 5.11 Å². The Hall–Kier alpha value is -1.49. The number of rotatable bonds is 0. The molecule has 66 valence electrons. The summed E-state index contributed by atoms with van der Waals surface area (Å²) in [6.45, 7) is 0. The maximum atomic E-state index is 9.57. The summed E-state index contributed by atoms with van der Waals surface area (Å²) in [6, 6.07) is 5.51. The molecule has 0 heterocycles. The van der Waals surface area contributed by atoms with Crippen LogP contribution in [0.1, 0.15) is 29.5 Å². The van der Waals surface area contributed by atoms with E-state index in [0.717, 1.165) is 42.4 Å². The number of aromatic hydroxyl groups is 1. The highest BCUT2D eigenvalue weighted by Crippen LogP contribution is 2.30. The molecule has 1 N–H and O–H groups in total. The normalized spacial score (nSPS) is 14.7. The van der Waals surface area contributed by atoms with Crippen LogP contribution in [0.3, 0.4) is 0 Å². The molecule has 0 saturated carbocycles. The molecule has 1 aromatic rings. The maximum absolute atomic E-state index is 9.57. The van der Waals surface area contributed by atoms with Gasteiger partial charge in [-0.3, -0.25) is 0 Å². The van der Waals surface area contributed by atoms with E-state index in [9.17, 15) is 5.11 Å². The van der Waals surface area contributed by atoms with Gasteiger partial charge in [0.25, 0.3) is 0 Å². The van der Waals surface area contributed by atoms with Crippen molar-refractivity contribution in [1.82, 2.24) is 0 Å². The number of hydrogen-bond donors (Lipinski definition) is 1. The van der Waals surface area contributed by atoms with Crippen molar-refractivity contribution < 1.29 is 5.11 Å². The fourth-order valence-corrected chi connectivity index (χ4v) is 1.95. The summed E-state index contributed by atoms with van der Waals surface area (Å²) in [5, 5.41) is 18.4. The van der Waals surface area contributed by atoms with E-state index in [-0.39, 0.29) is 0 Å². The predicted molar refractivity (Wildman–Crippen MR) is 49.5 cm³/mol. The van der Waals surface area contributed by atoms with Crippen LogP contribution < -0.4 is 0 Å². The lowest BCUT2D eigenvalue weighted by atomic mass is 9.88. The van der Waals surface area contributed by atoms with Crippen LogP contribution in [-0.2, 0) is 12.8 Å². The molecule has 2 heteroatoms. The first-order chi connectivity index (χ1) is 6.33. The van der Waals surface area contributed by atoms with Crippen LogP contribution in [0.25, 0.3) is 0 Å². The van der Waals surface area contributed by atoms with Crippen molar-refractivity contribution in [2.24, 2.45) is 0 Å². The third kappa shape index (κ3) is 1.27. The van der Waals surface area contributed by atoms with Gasteiger partial charge in [0.2, 0.25) is 0 Å². The largest absolute Gasteiger partial charge is 0.508 e. The predicted octanol–water partition coefficient (Wildman–Crippen LogP) is 2.14. The van der Waals surface area contributed by atoms with E-state index in [1.54, 1.807) is 12.1 Å². The summed E-state index contributed by atoms with van der Waals surface area (Å²) < 4.78 is 0. The van der Waals surface area contributed by atoms with E-state index in [0.29, 0.717) is 5.75 Å². The first-order valence-corrected chi connectivity index (χ1v) is 4.57. The van der Waals surface area contributed by atoms with Gasteiger partial charge in [-0.05, 0) is 48.9 Å². The molecule has 0 atom stereocenters. The minimum absolute atomic E-state index is 0.355. The lowest BCUT2D eigenvalue weighted by Gasteiger charge is -2.17. The Morgan fingerprint density at radius 1 is 1.15 bits per heavy atom. The van der Waals surface area contributed by atoms with E-state index in [2.05, 4.69) is 6.07 Å². The Kier molecular flexibility index (Phi) is 1.94. The van der Waals surface area contributed by atoms with Gasteiger partial charge in [0.15, 0.2) is 0 Å². The average molecular weight is 173 g/mol. The molecular formula is C11H11NO. The molecule has 2 rings (SSSR count).